The number of carbonyl (C=O) groups excluding carboxylic acids is 1. The number of amides is 1. The van der Waals surface area contributed by atoms with Gasteiger partial charge in [0, 0.05) is 13.1 Å². The number of carbonyl (C=O) groups is 1. The fraction of sp³-hybridized carbons (Fsp3) is 0.462. The molecule has 1 aromatic rings. The van der Waals surface area contributed by atoms with E-state index in [0.29, 0.717) is 6.42 Å². The third-order valence-electron chi connectivity index (χ3n) is 3.61. The minimum atomic E-state index is -3.12. The molecule has 1 aromatic carbocycles. The minimum absolute atomic E-state index is 0.0283. The summed E-state index contributed by atoms with van der Waals surface area (Å²) in [6.45, 7) is -0.352. The van der Waals surface area contributed by atoms with Gasteiger partial charge in [-0.1, -0.05) is 0 Å². The van der Waals surface area contributed by atoms with Gasteiger partial charge in [-0.3, -0.25) is 4.79 Å². The maximum Gasteiger partial charge on any atom is 0.241 e. The highest BCUT2D eigenvalue weighted by Gasteiger charge is 2.32. The average Bonchev–Trinajstić information content (AvgIpc) is 2.83. The zero-order valence-corrected chi connectivity index (χ0v) is 12.6. The molecule has 22 heavy (non-hydrogen) atoms. The number of halogens is 3. The van der Waals surface area contributed by atoms with Crippen LogP contribution in [-0.2, 0) is 14.6 Å². The molecule has 0 aliphatic carbocycles. The second-order valence-corrected chi connectivity index (χ2v) is 7.37. The Morgan fingerprint density at radius 3 is 2.59 bits per heavy atom. The molecule has 1 heterocycles. The first-order chi connectivity index (χ1) is 10.2. The number of anilines is 1. The number of rotatable bonds is 4. The molecule has 1 N–H and O–H groups in total. The Morgan fingerprint density at radius 2 is 2.00 bits per heavy atom. The molecule has 1 amide bonds. The number of nitrogens with one attached hydrogen (secondary N) is 1. The van der Waals surface area contributed by atoms with E-state index in [9.17, 15) is 26.4 Å². The van der Waals surface area contributed by atoms with Gasteiger partial charge in [0.2, 0.25) is 5.91 Å². The maximum atomic E-state index is 13.4. The molecule has 1 aliphatic rings. The Bertz CT molecular complexity index is 694. The van der Waals surface area contributed by atoms with E-state index >= 15 is 0 Å². The molecule has 2 rings (SSSR count). The molecule has 1 saturated heterocycles. The fourth-order valence-corrected chi connectivity index (χ4v) is 4.02. The smallest absolute Gasteiger partial charge is 0.241 e. The fourth-order valence-electron chi connectivity index (χ4n) is 2.24. The highest BCUT2D eigenvalue weighted by atomic mass is 32.2. The summed E-state index contributed by atoms with van der Waals surface area (Å²) in [5, 5.41) is 2.38. The lowest BCUT2D eigenvalue weighted by Crippen LogP contribution is -2.41. The Hall–Kier alpha value is -1.77. The van der Waals surface area contributed by atoms with Crippen LogP contribution in [-0.4, -0.2) is 50.4 Å². The van der Waals surface area contributed by atoms with Gasteiger partial charge in [0.05, 0.1) is 23.7 Å². The van der Waals surface area contributed by atoms with Crippen LogP contribution in [0, 0.1) is 17.5 Å². The van der Waals surface area contributed by atoms with E-state index in [2.05, 4.69) is 5.32 Å². The zero-order valence-electron chi connectivity index (χ0n) is 11.8. The van der Waals surface area contributed by atoms with Gasteiger partial charge in [-0.25, -0.2) is 21.6 Å². The second kappa shape index (κ2) is 6.15. The predicted octanol–water partition coefficient (Wildman–Crippen LogP) is 1.16. The van der Waals surface area contributed by atoms with Crippen molar-refractivity contribution in [3.8, 4) is 0 Å². The normalized spacial score (nSPS) is 19.9. The van der Waals surface area contributed by atoms with Crippen molar-refractivity contribution in [3.63, 3.8) is 0 Å². The van der Waals surface area contributed by atoms with Crippen molar-refractivity contribution in [2.75, 3.05) is 30.4 Å². The zero-order chi connectivity index (χ0) is 16.5. The first kappa shape index (κ1) is 16.6. The summed E-state index contributed by atoms with van der Waals surface area (Å²) in [6.07, 6.45) is 0.351. The molecule has 1 fully saturated rings. The summed E-state index contributed by atoms with van der Waals surface area (Å²) in [5.41, 5.74) is -0.334. The van der Waals surface area contributed by atoms with Crippen molar-refractivity contribution >= 4 is 21.4 Å². The first-order valence-electron chi connectivity index (χ1n) is 6.55. The SMILES string of the molecule is CN(C(=O)CNc1ccc(F)c(F)c1F)[C@@H]1CCS(=O)(=O)C1. The van der Waals surface area contributed by atoms with Crippen molar-refractivity contribution in [2.24, 2.45) is 0 Å². The lowest BCUT2D eigenvalue weighted by molar-refractivity contribution is -0.129. The standard InChI is InChI=1S/C13H15F3N2O3S/c1-18(8-4-5-22(20,21)7-8)11(19)6-17-10-3-2-9(14)12(15)13(10)16/h2-3,8,17H,4-7H2,1H3/t8-/m1/s1. The van der Waals surface area contributed by atoms with E-state index in [-0.39, 0.29) is 23.7 Å². The number of nitrogens with zero attached hydrogens (tertiary/aromatic N) is 1. The van der Waals surface area contributed by atoms with Gasteiger partial charge in [0.25, 0.3) is 0 Å². The van der Waals surface area contributed by atoms with Crippen molar-refractivity contribution in [1.29, 1.82) is 0 Å². The van der Waals surface area contributed by atoms with E-state index in [1.807, 2.05) is 0 Å². The van der Waals surface area contributed by atoms with Crippen LogP contribution >= 0.6 is 0 Å². The Labute approximate surface area is 126 Å². The van der Waals surface area contributed by atoms with Crippen LogP contribution in [0.5, 0.6) is 0 Å². The predicted molar refractivity (Wildman–Crippen MR) is 74.6 cm³/mol. The van der Waals surface area contributed by atoms with Gasteiger partial charge in [0.15, 0.2) is 27.3 Å². The second-order valence-electron chi connectivity index (χ2n) is 5.14. The lowest BCUT2D eigenvalue weighted by Gasteiger charge is -2.23. The van der Waals surface area contributed by atoms with Crippen molar-refractivity contribution in [3.05, 3.63) is 29.6 Å². The third-order valence-corrected chi connectivity index (χ3v) is 5.37. The molecule has 0 spiro atoms. The summed E-state index contributed by atoms with van der Waals surface area (Å²) >= 11 is 0. The van der Waals surface area contributed by atoms with E-state index in [0.717, 1.165) is 12.1 Å². The van der Waals surface area contributed by atoms with Crippen LogP contribution in [0.25, 0.3) is 0 Å². The topological polar surface area (TPSA) is 66.5 Å². The van der Waals surface area contributed by atoms with Crippen LogP contribution in [0.15, 0.2) is 12.1 Å². The molecule has 1 atom stereocenters. The Kier molecular flexibility index (Phi) is 4.64. The van der Waals surface area contributed by atoms with Gasteiger partial charge < -0.3 is 10.2 Å². The van der Waals surface area contributed by atoms with Crippen LogP contribution in [0.2, 0.25) is 0 Å². The Balaban J connectivity index is 1.97. The molecular formula is C13H15F3N2O3S. The van der Waals surface area contributed by atoms with Gasteiger partial charge in [-0.2, -0.15) is 0 Å². The summed E-state index contributed by atoms with van der Waals surface area (Å²) in [4.78, 5) is 13.2. The molecule has 0 saturated carbocycles. The molecule has 122 valence electrons. The molecule has 0 bridgehead atoms. The first-order valence-corrected chi connectivity index (χ1v) is 8.37. The average molecular weight is 336 g/mol. The number of hydrogen-bond acceptors (Lipinski definition) is 4. The third kappa shape index (κ3) is 3.52. The van der Waals surface area contributed by atoms with Crippen molar-refractivity contribution < 1.29 is 26.4 Å². The molecule has 0 unspecified atom stereocenters. The highest BCUT2D eigenvalue weighted by molar-refractivity contribution is 7.91. The monoisotopic (exact) mass is 336 g/mol. The summed E-state index contributed by atoms with van der Waals surface area (Å²) in [6, 6.07) is 1.31. The number of sulfone groups is 1. The lowest BCUT2D eigenvalue weighted by atomic mass is 10.2. The van der Waals surface area contributed by atoms with Gasteiger partial charge in [-0.05, 0) is 18.6 Å². The molecule has 5 nitrogen and oxygen atoms in total. The quantitative estimate of drug-likeness (QED) is 0.838. The summed E-state index contributed by atoms with van der Waals surface area (Å²) in [7, 11) is -1.67. The van der Waals surface area contributed by atoms with Gasteiger partial charge in [-0.15, -0.1) is 0 Å². The van der Waals surface area contributed by atoms with E-state index < -0.39 is 39.2 Å². The van der Waals surface area contributed by atoms with Crippen LogP contribution < -0.4 is 5.32 Å². The van der Waals surface area contributed by atoms with Crippen molar-refractivity contribution in [1.82, 2.24) is 4.90 Å². The molecular weight excluding hydrogens is 321 g/mol. The Morgan fingerprint density at radius 1 is 1.32 bits per heavy atom. The van der Waals surface area contributed by atoms with E-state index in [1.165, 1.54) is 11.9 Å². The van der Waals surface area contributed by atoms with Crippen LogP contribution in [0.1, 0.15) is 6.42 Å². The van der Waals surface area contributed by atoms with E-state index in [1.54, 1.807) is 0 Å². The number of hydrogen-bond donors (Lipinski definition) is 1. The largest absolute Gasteiger partial charge is 0.374 e. The maximum absolute atomic E-state index is 13.4. The van der Waals surface area contributed by atoms with Gasteiger partial charge in [0.1, 0.15) is 0 Å². The number of likely N-dealkylation sites (N-methyl/N-ethyl adjacent to an activating group) is 1. The highest BCUT2D eigenvalue weighted by Crippen LogP contribution is 2.20. The van der Waals surface area contributed by atoms with Gasteiger partial charge >= 0.3 is 0 Å². The summed E-state index contributed by atoms with van der Waals surface area (Å²) < 4.78 is 62.0. The van der Waals surface area contributed by atoms with E-state index in [4.69, 9.17) is 0 Å². The molecule has 9 heteroatoms. The summed E-state index contributed by atoms with van der Waals surface area (Å²) in [5.74, 6) is -4.88. The van der Waals surface area contributed by atoms with Crippen LogP contribution in [0.4, 0.5) is 18.9 Å². The molecule has 1 aliphatic heterocycles. The minimum Gasteiger partial charge on any atom is -0.374 e. The van der Waals surface area contributed by atoms with Crippen LogP contribution in [0.3, 0.4) is 0 Å². The molecule has 0 aromatic heterocycles. The number of benzene rings is 1. The molecule has 0 radical (unpaired) electrons. The van der Waals surface area contributed by atoms with Crippen molar-refractivity contribution in [2.45, 2.75) is 12.5 Å².